The van der Waals surface area contributed by atoms with Gasteiger partial charge in [0.2, 0.25) is 5.91 Å². The van der Waals surface area contributed by atoms with Gasteiger partial charge in [-0.05, 0) is 28.5 Å². The number of carbonyl (C=O) groups excluding carboxylic acids is 1. The predicted molar refractivity (Wildman–Crippen MR) is 90.5 cm³/mol. The Morgan fingerprint density at radius 3 is 2.50 bits per heavy atom. The maximum absolute atomic E-state index is 12.1. The first-order valence-electron chi connectivity index (χ1n) is 8.46. The Morgan fingerprint density at radius 1 is 1.12 bits per heavy atom. The van der Waals surface area contributed by atoms with E-state index in [9.17, 15) is 4.79 Å². The van der Waals surface area contributed by atoms with E-state index in [2.05, 4.69) is 34.3 Å². The molecule has 0 spiro atoms. The summed E-state index contributed by atoms with van der Waals surface area (Å²) < 4.78 is 1.77. The van der Waals surface area contributed by atoms with Gasteiger partial charge < -0.3 is 4.90 Å². The Morgan fingerprint density at radius 2 is 1.83 bits per heavy atom. The second kappa shape index (κ2) is 7.53. The smallest absolute Gasteiger partial charge is 0.222 e. The Kier molecular flexibility index (Phi) is 5.20. The van der Waals surface area contributed by atoms with Crippen LogP contribution in [0.5, 0.6) is 0 Å². The zero-order valence-electron chi connectivity index (χ0n) is 14.3. The van der Waals surface area contributed by atoms with E-state index >= 15 is 0 Å². The molecular formula is C17H24N6O. The minimum absolute atomic E-state index is 0.263. The van der Waals surface area contributed by atoms with Crippen molar-refractivity contribution in [3.8, 4) is 5.69 Å². The van der Waals surface area contributed by atoms with Gasteiger partial charge in [-0.3, -0.25) is 9.69 Å². The van der Waals surface area contributed by atoms with E-state index in [1.165, 1.54) is 0 Å². The molecule has 0 aliphatic carbocycles. The number of para-hydroxylation sites is 1. The Hall–Kier alpha value is -2.28. The number of aromatic nitrogens is 4. The molecule has 1 aliphatic rings. The van der Waals surface area contributed by atoms with E-state index in [-0.39, 0.29) is 5.91 Å². The first-order chi connectivity index (χ1) is 11.6. The predicted octanol–water partition coefficient (Wildman–Crippen LogP) is 1.35. The molecule has 2 heterocycles. The van der Waals surface area contributed by atoms with Crippen LogP contribution in [0.2, 0.25) is 0 Å². The van der Waals surface area contributed by atoms with Crippen molar-refractivity contribution >= 4 is 5.91 Å². The summed E-state index contributed by atoms with van der Waals surface area (Å²) in [5.74, 6) is 1.49. The van der Waals surface area contributed by atoms with Gasteiger partial charge in [0.15, 0.2) is 5.82 Å². The van der Waals surface area contributed by atoms with E-state index in [1.807, 2.05) is 35.2 Å². The van der Waals surface area contributed by atoms with Gasteiger partial charge in [-0.15, -0.1) is 5.10 Å². The number of tetrazole rings is 1. The highest BCUT2D eigenvalue weighted by Gasteiger charge is 2.23. The molecule has 0 N–H and O–H groups in total. The van der Waals surface area contributed by atoms with Crippen molar-refractivity contribution in [1.82, 2.24) is 30.0 Å². The Bertz CT molecular complexity index is 661. The number of amides is 1. The summed E-state index contributed by atoms with van der Waals surface area (Å²) in [6.07, 6.45) is 0.631. The van der Waals surface area contributed by atoms with Crippen molar-refractivity contribution in [2.75, 3.05) is 26.2 Å². The topological polar surface area (TPSA) is 67.2 Å². The number of hydrogen-bond acceptors (Lipinski definition) is 5. The van der Waals surface area contributed by atoms with E-state index < -0.39 is 0 Å². The average molecular weight is 328 g/mol. The third-order valence-corrected chi connectivity index (χ3v) is 4.21. The van der Waals surface area contributed by atoms with Gasteiger partial charge in [-0.25, -0.2) is 0 Å². The highest BCUT2D eigenvalue weighted by atomic mass is 16.2. The number of piperazine rings is 1. The SMILES string of the molecule is CC(C)CC(=O)N1CCN(Cc2nnnn2-c2ccccc2)CC1. The molecular weight excluding hydrogens is 304 g/mol. The number of hydrogen-bond donors (Lipinski definition) is 0. The quantitative estimate of drug-likeness (QED) is 0.829. The number of benzene rings is 1. The molecule has 128 valence electrons. The molecule has 2 aromatic rings. The lowest BCUT2D eigenvalue weighted by Crippen LogP contribution is -2.48. The molecule has 1 aromatic carbocycles. The first kappa shape index (κ1) is 16.6. The summed E-state index contributed by atoms with van der Waals surface area (Å²) in [5, 5.41) is 12.1. The number of rotatable bonds is 5. The van der Waals surface area contributed by atoms with Crippen LogP contribution in [-0.4, -0.2) is 62.1 Å². The molecule has 0 unspecified atom stereocenters. The largest absolute Gasteiger partial charge is 0.340 e. The zero-order chi connectivity index (χ0) is 16.9. The van der Waals surface area contributed by atoms with Crippen LogP contribution >= 0.6 is 0 Å². The van der Waals surface area contributed by atoms with Crippen LogP contribution in [0.3, 0.4) is 0 Å². The fraction of sp³-hybridized carbons (Fsp3) is 0.529. The lowest BCUT2D eigenvalue weighted by atomic mass is 10.1. The summed E-state index contributed by atoms with van der Waals surface area (Å²) in [6, 6.07) is 9.89. The molecule has 0 radical (unpaired) electrons. The molecule has 0 saturated carbocycles. The lowest BCUT2D eigenvalue weighted by Gasteiger charge is -2.34. The van der Waals surface area contributed by atoms with E-state index in [0.717, 1.165) is 37.7 Å². The average Bonchev–Trinajstić information content (AvgIpc) is 3.04. The summed E-state index contributed by atoms with van der Waals surface area (Å²) in [5.41, 5.74) is 0.961. The first-order valence-corrected chi connectivity index (χ1v) is 8.46. The monoisotopic (exact) mass is 328 g/mol. The van der Waals surface area contributed by atoms with Crippen molar-refractivity contribution in [3.63, 3.8) is 0 Å². The van der Waals surface area contributed by atoms with Crippen LogP contribution in [0.1, 0.15) is 26.1 Å². The second-order valence-corrected chi connectivity index (χ2v) is 6.60. The number of nitrogens with zero attached hydrogens (tertiary/aromatic N) is 6. The van der Waals surface area contributed by atoms with Crippen molar-refractivity contribution in [1.29, 1.82) is 0 Å². The highest BCUT2D eigenvalue weighted by molar-refractivity contribution is 5.76. The van der Waals surface area contributed by atoms with Crippen LogP contribution in [0, 0.1) is 5.92 Å². The van der Waals surface area contributed by atoms with Gasteiger partial charge in [-0.2, -0.15) is 4.68 Å². The molecule has 1 aliphatic heterocycles. The molecule has 1 saturated heterocycles. The van der Waals surface area contributed by atoms with Gasteiger partial charge in [0.1, 0.15) is 0 Å². The summed E-state index contributed by atoms with van der Waals surface area (Å²) in [4.78, 5) is 16.4. The highest BCUT2D eigenvalue weighted by Crippen LogP contribution is 2.12. The van der Waals surface area contributed by atoms with Crippen LogP contribution in [0.15, 0.2) is 30.3 Å². The summed E-state index contributed by atoms with van der Waals surface area (Å²) >= 11 is 0. The summed E-state index contributed by atoms with van der Waals surface area (Å²) in [6.45, 7) is 8.11. The molecule has 24 heavy (non-hydrogen) atoms. The van der Waals surface area contributed by atoms with Gasteiger partial charge in [0.05, 0.1) is 12.2 Å². The van der Waals surface area contributed by atoms with E-state index in [1.54, 1.807) is 4.68 Å². The third kappa shape index (κ3) is 3.97. The van der Waals surface area contributed by atoms with Crippen LogP contribution < -0.4 is 0 Å². The van der Waals surface area contributed by atoms with E-state index in [0.29, 0.717) is 18.9 Å². The molecule has 1 fully saturated rings. The minimum Gasteiger partial charge on any atom is -0.340 e. The Labute approximate surface area is 142 Å². The molecule has 3 rings (SSSR count). The van der Waals surface area contributed by atoms with Crippen LogP contribution in [-0.2, 0) is 11.3 Å². The van der Waals surface area contributed by atoms with Gasteiger partial charge in [0.25, 0.3) is 0 Å². The van der Waals surface area contributed by atoms with Crippen LogP contribution in [0.25, 0.3) is 5.69 Å². The van der Waals surface area contributed by atoms with Crippen molar-refractivity contribution < 1.29 is 4.79 Å². The normalized spacial score (nSPS) is 15.9. The van der Waals surface area contributed by atoms with Crippen molar-refractivity contribution in [2.24, 2.45) is 5.92 Å². The summed E-state index contributed by atoms with van der Waals surface area (Å²) in [7, 11) is 0. The van der Waals surface area contributed by atoms with E-state index in [4.69, 9.17) is 0 Å². The molecule has 0 atom stereocenters. The van der Waals surface area contributed by atoms with Crippen molar-refractivity contribution in [3.05, 3.63) is 36.2 Å². The fourth-order valence-corrected chi connectivity index (χ4v) is 2.91. The maximum atomic E-state index is 12.1. The molecule has 0 bridgehead atoms. The van der Waals surface area contributed by atoms with Gasteiger partial charge in [-0.1, -0.05) is 32.0 Å². The zero-order valence-corrected chi connectivity index (χ0v) is 14.3. The fourth-order valence-electron chi connectivity index (χ4n) is 2.91. The molecule has 7 nitrogen and oxygen atoms in total. The lowest BCUT2D eigenvalue weighted by molar-refractivity contribution is -0.133. The van der Waals surface area contributed by atoms with Crippen LogP contribution in [0.4, 0.5) is 0 Å². The molecule has 1 aromatic heterocycles. The van der Waals surface area contributed by atoms with Gasteiger partial charge >= 0.3 is 0 Å². The third-order valence-electron chi connectivity index (χ3n) is 4.21. The number of carbonyl (C=O) groups is 1. The minimum atomic E-state index is 0.263. The standard InChI is InChI=1S/C17H24N6O/c1-14(2)12-17(24)22-10-8-21(9-11-22)13-16-18-19-20-23(16)15-6-4-3-5-7-15/h3-7,14H,8-13H2,1-2H3. The second-order valence-electron chi connectivity index (χ2n) is 6.60. The van der Waals surface area contributed by atoms with Crippen molar-refractivity contribution in [2.45, 2.75) is 26.8 Å². The molecule has 7 heteroatoms. The Balaban J connectivity index is 1.58. The maximum Gasteiger partial charge on any atom is 0.222 e. The van der Waals surface area contributed by atoms with Gasteiger partial charge in [0, 0.05) is 32.6 Å². The molecule has 1 amide bonds.